The van der Waals surface area contributed by atoms with Crippen molar-refractivity contribution in [2.75, 3.05) is 0 Å². The maximum absolute atomic E-state index is 5.33. The second-order valence-corrected chi connectivity index (χ2v) is 2.31. The molecule has 0 aliphatic carbocycles. The van der Waals surface area contributed by atoms with E-state index >= 15 is 0 Å². The van der Waals surface area contributed by atoms with Gasteiger partial charge in [0.15, 0.2) is 0 Å². The van der Waals surface area contributed by atoms with Gasteiger partial charge in [-0.3, -0.25) is 0 Å². The van der Waals surface area contributed by atoms with E-state index in [1.54, 1.807) is 6.08 Å². The number of hydrogen-bond donors (Lipinski definition) is 2. The highest BCUT2D eigenvalue weighted by Crippen LogP contribution is 1.93. The van der Waals surface area contributed by atoms with E-state index in [0.717, 1.165) is 11.4 Å². The van der Waals surface area contributed by atoms with Gasteiger partial charge >= 0.3 is 0 Å². The van der Waals surface area contributed by atoms with Gasteiger partial charge in [-0.1, -0.05) is 13.2 Å². The van der Waals surface area contributed by atoms with Crippen molar-refractivity contribution >= 4 is 0 Å². The third-order valence-corrected chi connectivity index (χ3v) is 0.812. The summed E-state index contributed by atoms with van der Waals surface area (Å²) in [6.45, 7) is 11.0. The summed E-state index contributed by atoms with van der Waals surface area (Å²) in [5.74, 6) is 0. The summed E-state index contributed by atoms with van der Waals surface area (Å²) < 4.78 is 0. The van der Waals surface area contributed by atoms with Crippen LogP contribution in [0.4, 0.5) is 0 Å². The highest BCUT2D eigenvalue weighted by Gasteiger charge is 1.86. The van der Waals surface area contributed by atoms with Crippen molar-refractivity contribution in [1.29, 1.82) is 0 Å². The van der Waals surface area contributed by atoms with Crippen LogP contribution in [-0.4, -0.2) is 0 Å². The molecule has 0 amide bonds. The Hall–Kier alpha value is -1.18. The maximum Gasteiger partial charge on any atom is 0.0258 e. The minimum Gasteiger partial charge on any atom is -0.399 e. The van der Waals surface area contributed by atoms with Crippen LogP contribution in [0.15, 0.2) is 36.3 Å². The topological polar surface area (TPSA) is 38.0 Å². The molecule has 10 heavy (non-hydrogen) atoms. The zero-order valence-electron chi connectivity index (χ0n) is 6.57. The van der Waals surface area contributed by atoms with E-state index in [-0.39, 0.29) is 0 Å². The lowest BCUT2D eigenvalue weighted by atomic mass is 10.3. The van der Waals surface area contributed by atoms with E-state index in [1.165, 1.54) is 0 Å². The third kappa shape index (κ3) is 4.97. The van der Waals surface area contributed by atoms with Crippen LogP contribution in [0.25, 0.3) is 0 Å². The number of hydrogen-bond acceptors (Lipinski definition) is 2. The van der Waals surface area contributed by atoms with Crippen LogP contribution in [0.5, 0.6) is 0 Å². The van der Waals surface area contributed by atoms with Gasteiger partial charge in [-0.2, -0.15) is 0 Å². The summed E-state index contributed by atoms with van der Waals surface area (Å²) in [7, 11) is 0. The van der Waals surface area contributed by atoms with E-state index < -0.39 is 0 Å². The second kappa shape index (κ2) is 3.77. The highest BCUT2D eigenvalue weighted by molar-refractivity contribution is 5.17. The van der Waals surface area contributed by atoms with Crippen LogP contribution >= 0.6 is 0 Å². The zero-order chi connectivity index (χ0) is 8.15. The predicted molar refractivity (Wildman–Crippen MR) is 45.0 cm³/mol. The molecule has 0 saturated carbocycles. The predicted octanol–water partition coefficient (Wildman–Crippen LogP) is 1.49. The zero-order valence-corrected chi connectivity index (χ0v) is 6.57. The monoisotopic (exact) mass is 138 g/mol. The molecule has 0 aromatic heterocycles. The molecule has 0 aromatic carbocycles. The molecule has 0 aliphatic heterocycles. The fourth-order valence-corrected chi connectivity index (χ4v) is 0.651. The first-order valence-corrected chi connectivity index (χ1v) is 3.07. The highest BCUT2D eigenvalue weighted by atomic mass is 14.9. The number of nitrogens with one attached hydrogen (secondary N) is 1. The molecule has 0 saturated heterocycles. The summed E-state index contributed by atoms with van der Waals surface area (Å²) >= 11 is 0. The van der Waals surface area contributed by atoms with Gasteiger partial charge in [0.05, 0.1) is 0 Å². The summed E-state index contributed by atoms with van der Waals surface area (Å²) in [6.07, 6.45) is 1.76. The quantitative estimate of drug-likeness (QED) is 0.580. The molecule has 0 bridgehead atoms. The Labute approximate surface area is 62.1 Å². The Kier molecular flexibility index (Phi) is 3.33. The van der Waals surface area contributed by atoms with E-state index in [0.29, 0.717) is 5.70 Å². The molecule has 3 N–H and O–H groups in total. The fourth-order valence-electron chi connectivity index (χ4n) is 0.651. The average Bonchev–Trinajstić information content (AvgIpc) is 1.58. The van der Waals surface area contributed by atoms with Crippen LogP contribution in [0.1, 0.15) is 13.8 Å². The van der Waals surface area contributed by atoms with Gasteiger partial charge in [0.25, 0.3) is 0 Å². The Morgan fingerprint density at radius 1 is 1.40 bits per heavy atom. The molecular formula is C8H14N2. The van der Waals surface area contributed by atoms with E-state index in [4.69, 9.17) is 5.73 Å². The lowest BCUT2D eigenvalue weighted by Gasteiger charge is -2.03. The summed E-state index contributed by atoms with van der Waals surface area (Å²) in [4.78, 5) is 0. The molecule has 2 nitrogen and oxygen atoms in total. The maximum atomic E-state index is 5.33. The molecule has 0 radical (unpaired) electrons. The first-order valence-electron chi connectivity index (χ1n) is 3.07. The van der Waals surface area contributed by atoms with Crippen LogP contribution in [0, 0.1) is 0 Å². The first-order chi connectivity index (χ1) is 4.52. The molecule has 0 aromatic rings. The van der Waals surface area contributed by atoms with Crippen molar-refractivity contribution in [3.05, 3.63) is 36.3 Å². The van der Waals surface area contributed by atoms with Crippen molar-refractivity contribution in [3.8, 4) is 0 Å². The molecule has 56 valence electrons. The van der Waals surface area contributed by atoms with Crippen molar-refractivity contribution in [2.24, 2.45) is 5.73 Å². The normalized spacial score (nSPS) is 10.8. The lowest BCUT2D eigenvalue weighted by Crippen LogP contribution is -2.07. The molecule has 0 aliphatic rings. The number of nitrogens with two attached hydrogens (primary N) is 1. The van der Waals surface area contributed by atoms with Gasteiger partial charge in [0.2, 0.25) is 0 Å². The van der Waals surface area contributed by atoms with Gasteiger partial charge in [-0.15, -0.1) is 0 Å². The van der Waals surface area contributed by atoms with E-state index in [9.17, 15) is 0 Å². The largest absolute Gasteiger partial charge is 0.399 e. The minimum absolute atomic E-state index is 0.547. The molecule has 0 fully saturated rings. The molecule has 0 atom stereocenters. The van der Waals surface area contributed by atoms with Crippen molar-refractivity contribution < 1.29 is 0 Å². The Morgan fingerprint density at radius 3 is 2.20 bits per heavy atom. The van der Waals surface area contributed by atoms with Crippen LogP contribution < -0.4 is 11.1 Å². The van der Waals surface area contributed by atoms with Crippen LogP contribution in [-0.2, 0) is 0 Å². The lowest BCUT2D eigenvalue weighted by molar-refractivity contribution is 0.971. The third-order valence-electron chi connectivity index (χ3n) is 0.812. The van der Waals surface area contributed by atoms with Crippen molar-refractivity contribution in [1.82, 2.24) is 5.32 Å². The van der Waals surface area contributed by atoms with E-state index in [2.05, 4.69) is 18.5 Å². The van der Waals surface area contributed by atoms with Gasteiger partial charge in [-0.05, 0) is 19.9 Å². The van der Waals surface area contributed by atoms with Crippen molar-refractivity contribution in [3.63, 3.8) is 0 Å². The molecule has 0 unspecified atom stereocenters. The van der Waals surface area contributed by atoms with Crippen molar-refractivity contribution in [2.45, 2.75) is 13.8 Å². The number of allylic oxidation sites excluding steroid dienone is 3. The molecule has 0 rings (SSSR count). The smallest absolute Gasteiger partial charge is 0.0258 e. The van der Waals surface area contributed by atoms with Gasteiger partial charge in [0, 0.05) is 17.1 Å². The Bertz CT molecular complexity index is 178. The van der Waals surface area contributed by atoms with Gasteiger partial charge in [-0.25, -0.2) is 0 Å². The molecule has 0 heterocycles. The SMILES string of the molecule is C=C(N)/C=C(\C)NC(=C)C. The van der Waals surface area contributed by atoms with E-state index in [1.807, 2.05) is 13.8 Å². The van der Waals surface area contributed by atoms with Gasteiger partial charge < -0.3 is 11.1 Å². The average molecular weight is 138 g/mol. The Morgan fingerprint density at radius 2 is 1.90 bits per heavy atom. The van der Waals surface area contributed by atoms with Gasteiger partial charge in [0.1, 0.15) is 0 Å². The minimum atomic E-state index is 0.547. The second-order valence-electron chi connectivity index (χ2n) is 2.31. The number of rotatable bonds is 3. The summed E-state index contributed by atoms with van der Waals surface area (Å²) in [5, 5.41) is 3.00. The first kappa shape index (κ1) is 8.82. The molecule has 0 spiro atoms. The molecular weight excluding hydrogens is 124 g/mol. The van der Waals surface area contributed by atoms with Crippen LogP contribution in [0.3, 0.4) is 0 Å². The van der Waals surface area contributed by atoms with Crippen LogP contribution in [0.2, 0.25) is 0 Å². The standard InChI is InChI=1S/C8H14N2/c1-6(2)10-8(4)5-7(3)9/h5,10H,1,3,9H2,2,4H3/b8-5+. The fraction of sp³-hybridized carbons (Fsp3) is 0.250. The summed E-state index contributed by atoms with van der Waals surface area (Å²) in [5.41, 5.74) is 7.73. The summed E-state index contributed by atoms with van der Waals surface area (Å²) in [6, 6.07) is 0. The molecule has 2 heteroatoms. The Balaban J connectivity index is 3.95.